The van der Waals surface area contributed by atoms with E-state index in [0.717, 1.165) is 16.7 Å². The maximum absolute atomic E-state index is 12.5. The molecule has 0 atom stereocenters. The van der Waals surface area contributed by atoms with Crippen molar-refractivity contribution in [3.8, 4) is 5.75 Å². The van der Waals surface area contributed by atoms with Gasteiger partial charge in [-0.05, 0) is 58.1 Å². The third-order valence-corrected chi connectivity index (χ3v) is 5.57. The van der Waals surface area contributed by atoms with Gasteiger partial charge >= 0.3 is 0 Å². The lowest BCUT2D eigenvalue weighted by atomic mass is 10.2. The van der Waals surface area contributed by atoms with E-state index in [1.807, 2.05) is 22.6 Å². The van der Waals surface area contributed by atoms with E-state index in [1.165, 1.54) is 6.07 Å². The molecule has 0 aliphatic carbocycles. The minimum absolute atomic E-state index is 0.155. The number of imide groups is 1. The minimum atomic E-state index is -0.473. The van der Waals surface area contributed by atoms with E-state index in [-0.39, 0.29) is 23.1 Å². The smallest absolute Gasteiger partial charge is 0.294 e. The highest BCUT2D eigenvalue weighted by atomic mass is 127. The van der Waals surface area contributed by atoms with Crippen molar-refractivity contribution in [3.05, 3.63) is 32.2 Å². The number of hydrogen-bond donors (Lipinski definition) is 1. The molecule has 1 N–H and O–H groups in total. The van der Waals surface area contributed by atoms with E-state index in [4.69, 9.17) is 4.74 Å². The van der Waals surface area contributed by atoms with Gasteiger partial charge in [-0.25, -0.2) is 0 Å². The number of halogens is 1. The highest BCUT2D eigenvalue weighted by Gasteiger charge is 2.37. The summed E-state index contributed by atoms with van der Waals surface area (Å²) in [6.45, 7) is 1.61. The minimum Gasteiger partial charge on any atom is -0.507 e. The predicted octanol–water partition coefficient (Wildman–Crippen LogP) is 1.89. The molecule has 2 saturated heterocycles. The molecule has 7 nitrogen and oxygen atoms in total. The van der Waals surface area contributed by atoms with Gasteiger partial charge in [0.15, 0.2) is 0 Å². The number of carbonyl (C=O) groups is 3. The number of rotatable bonds is 3. The van der Waals surface area contributed by atoms with E-state index < -0.39 is 11.1 Å². The van der Waals surface area contributed by atoms with Gasteiger partial charge < -0.3 is 14.7 Å². The highest BCUT2D eigenvalue weighted by Crippen LogP contribution is 2.33. The maximum atomic E-state index is 12.5. The van der Waals surface area contributed by atoms with Crippen molar-refractivity contribution in [2.24, 2.45) is 0 Å². The van der Waals surface area contributed by atoms with Crippen molar-refractivity contribution in [2.45, 2.75) is 0 Å². The molecular formula is C16H15IN2O5S. The number of phenols is 1. The average molecular weight is 474 g/mol. The van der Waals surface area contributed by atoms with Gasteiger partial charge in [0.25, 0.3) is 11.1 Å². The first-order valence-electron chi connectivity index (χ1n) is 7.55. The van der Waals surface area contributed by atoms with Crippen LogP contribution in [0.4, 0.5) is 4.79 Å². The molecule has 0 radical (unpaired) electrons. The van der Waals surface area contributed by atoms with Crippen LogP contribution in [0.3, 0.4) is 0 Å². The van der Waals surface area contributed by atoms with Gasteiger partial charge in [0.2, 0.25) is 5.91 Å². The van der Waals surface area contributed by atoms with Crippen LogP contribution in [-0.2, 0) is 14.3 Å². The van der Waals surface area contributed by atoms with Crippen molar-refractivity contribution in [2.75, 3.05) is 32.8 Å². The molecule has 1 aromatic rings. The lowest BCUT2D eigenvalue weighted by Gasteiger charge is -2.28. The number of morpholine rings is 1. The highest BCUT2D eigenvalue weighted by molar-refractivity contribution is 14.1. The molecular weight excluding hydrogens is 459 g/mol. The lowest BCUT2D eigenvalue weighted by Crippen LogP contribution is -2.46. The number of ether oxygens (including phenoxy) is 1. The van der Waals surface area contributed by atoms with Crippen LogP contribution in [0, 0.1) is 3.57 Å². The first-order chi connectivity index (χ1) is 12.0. The van der Waals surface area contributed by atoms with Crippen molar-refractivity contribution in [1.82, 2.24) is 9.80 Å². The maximum Gasteiger partial charge on any atom is 0.294 e. The summed E-state index contributed by atoms with van der Waals surface area (Å²) in [6, 6.07) is 4.90. The van der Waals surface area contributed by atoms with Crippen LogP contribution < -0.4 is 0 Å². The van der Waals surface area contributed by atoms with Crippen molar-refractivity contribution >= 4 is 57.5 Å². The Morgan fingerprint density at radius 1 is 1.32 bits per heavy atom. The van der Waals surface area contributed by atoms with Crippen LogP contribution in [0.25, 0.3) is 6.08 Å². The molecule has 0 unspecified atom stereocenters. The molecule has 9 heteroatoms. The van der Waals surface area contributed by atoms with Crippen molar-refractivity contribution in [3.63, 3.8) is 0 Å². The molecule has 0 spiro atoms. The fourth-order valence-electron chi connectivity index (χ4n) is 2.45. The quantitative estimate of drug-likeness (QED) is 0.532. The molecule has 25 heavy (non-hydrogen) atoms. The molecule has 132 valence electrons. The van der Waals surface area contributed by atoms with E-state index in [0.29, 0.717) is 35.4 Å². The van der Waals surface area contributed by atoms with Gasteiger partial charge in [0.05, 0.1) is 21.7 Å². The van der Waals surface area contributed by atoms with Crippen LogP contribution in [0.1, 0.15) is 5.56 Å². The summed E-state index contributed by atoms with van der Waals surface area (Å²) in [6.07, 6.45) is 1.59. The molecule has 2 aliphatic rings. The molecule has 2 aliphatic heterocycles. The van der Waals surface area contributed by atoms with Crippen molar-refractivity contribution < 1.29 is 24.2 Å². The second-order valence-corrected chi connectivity index (χ2v) is 7.63. The molecule has 2 fully saturated rings. The van der Waals surface area contributed by atoms with Gasteiger partial charge in [-0.1, -0.05) is 6.07 Å². The van der Waals surface area contributed by atoms with Gasteiger partial charge in [-0.15, -0.1) is 0 Å². The van der Waals surface area contributed by atoms with Crippen LogP contribution in [0.5, 0.6) is 5.75 Å². The standard InChI is InChI=1S/C16H15IN2O5S/c17-11-7-10(1-2-12(11)20)8-13-15(22)19(16(23)25-13)9-14(21)18-3-5-24-6-4-18/h1-2,7-8,20H,3-6,9H2/b13-8-. The summed E-state index contributed by atoms with van der Waals surface area (Å²) in [5.41, 5.74) is 0.701. The lowest BCUT2D eigenvalue weighted by molar-refractivity contribution is -0.139. The van der Waals surface area contributed by atoms with Gasteiger partial charge in [0.1, 0.15) is 12.3 Å². The summed E-state index contributed by atoms with van der Waals surface area (Å²) >= 11 is 2.80. The van der Waals surface area contributed by atoms with Crippen molar-refractivity contribution in [1.29, 1.82) is 0 Å². The Kier molecular flexibility index (Phi) is 5.64. The Balaban J connectivity index is 1.72. The third-order valence-electron chi connectivity index (χ3n) is 3.80. The average Bonchev–Trinajstić information content (AvgIpc) is 2.86. The summed E-state index contributed by atoms with van der Waals surface area (Å²) in [5.74, 6) is -0.576. The first kappa shape index (κ1) is 18.2. The molecule has 0 saturated carbocycles. The summed E-state index contributed by atoms with van der Waals surface area (Å²) in [5, 5.41) is 9.10. The van der Waals surface area contributed by atoms with Crippen LogP contribution >= 0.6 is 34.4 Å². The Labute approximate surface area is 162 Å². The Morgan fingerprint density at radius 2 is 2.04 bits per heavy atom. The van der Waals surface area contributed by atoms with E-state index >= 15 is 0 Å². The van der Waals surface area contributed by atoms with Crippen LogP contribution in [-0.4, -0.2) is 64.8 Å². The summed E-state index contributed by atoms with van der Waals surface area (Å²) in [7, 11) is 0. The first-order valence-corrected chi connectivity index (χ1v) is 9.44. The topological polar surface area (TPSA) is 87.2 Å². The van der Waals surface area contributed by atoms with Gasteiger partial charge in [-0.3, -0.25) is 19.3 Å². The monoisotopic (exact) mass is 474 g/mol. The molecule has 1 aromatic carbocycles. The fourth-order valence-corrected chi connectivity index (χ4v) is 3.83. The Hall–Kier alpha value is -1.59. The largest absolute Gasteiger partial charge is 0.507 e. The van der Waals surface area contributed by atoms with E-state index in [2.05, 4.69) is 0 Å². The number of thioether (sulfide) groups is 1. The summed E-state index contributed by atoms with van der Waals surface area (Å²) in [4.78, 5) is 39.7. The zero-order chi connectivity index (χ0) is 18.0. The van der Waals surface area contributed by atoms with Crippen LogP contribution in [0.15, 0.2) is 23.1 Å². The second kappa shape index (κ2) is 7.75. The Bertz CT molecular complexity index is 761. The second-order valence-electron chi connectivity index (χ2n) is 5.47. The molecule has 3 amide bonds. The van der Waals surface area contributed by atoms with E-state index in [9.17, 15) is 19.5 Å². The number of aromatic hydroxyl groups is 1. The zero-order valence-electron chi connectivity index (χ0n) is 13.1. The molecule has 2 heterocycles. The predicted molar refractivity (Wildman–Crippen MR) is 101 cm³/mol. The number of amides is 3. The van der Waals surface area contributed by atoms with Gasteiger partial charge in [0, 0.05) is 13.1 Å². The van der Waals surface area contributed by atoms with Gasteiger partial charge in [-0.2, -0.15) is 0 Å². The van der Waals surface area contributed by atoms with Crippen LogP contribution in [0.2, 0.25) is 0 Å². The molecule has 0 bridgehead atoms. The number of carbonyl (C=O) groups excluding carboxylic acids is 3. The molecule has 3 rings (SSSR count). The number of hydrogen-bond acceptors (Lipinski definition) is 6. The normalized spacial score (nSPS) is 19.8. The number of nitrogens with zero attached hydrogens (tertiary/aromatic N) is 2. The Morgan fingerprint density at radius 3 is 2.72 bits per heavy atom. The summed E-state index contributed by atoms with van der Waals surface area (Å²) < 4.78 is 5.84. The zero-order valence-corrected chi connectivity index (χ0v) is 16.1. The molecule has 0 aromatic heterocycles. The van der Waals surface area contributed by atoms with E-state index in [1.54, 1.807) is 23.1 Å². The third kappa shape index (κ3) is 4.15. The fraction of sp³-hybridized carbons (Fsp3) is 0.312. The number of phenolic OH excluding ortho intramolecular Hbond substituents is 1. The SMILES string of the molecule is O=C(CN1C(=O)S/C(=C\c2ccc(O)c(I)c2)C1=O)N1CCOCC1. The number of benzene rings is 1.